The van der Waals surface area contributed by atoms with Gasteiger partial charge in [0.25, 0.3) is 5.91 Å². The fourth-order valence-electron chi connectivity index (χ4n) is 3.03. The molecule has 2 aromatic rings. The highest BCUT2D eigenvalue weighted by molar-refractivity contribution is 5.96. The first kappa shape index (κ1) is 16.4. The van der Waals surface area contributed by atoms with Crippen molar-refractivity contribution in [2.45, 2.75) is 45.6 Å². The molecule has 0 aliphatic heterocycles. The summed E-state index contributed by atoms with van der Waals surface area (Å²) in [5.74, 6) is 1.10. The van der Waals surface area contributed by atoms with Crippen molar-refractivity contribution < 1.29 is 9.53 Å². The van der Waals surface area contributed by atoms with Crippen LogP contribution in [0.25, 0.3) is 0 Å². The zero-order valence-corrected chi connectivity index (χ0v) is 14.4. The Hall–Kier alpha value is -2.44. The van der Waals surface area contributed by atoms with Gasteiger partial charge in [0, 0.05) is 24.7 Å². The van der Waals surface area contributed by atoms with Crippen LogP contribution in [0, 0.1) is 0 Å². The summed E-state index contributed by atoms with van der Waals surface area (Å²) in [7, 11) is 1.55. The van der Waals surface area contributed by atoms with Gasteiger partial charge < -0.3 is 14.6 Å². The van der Waals surface area contributed by atoms with Crippen molar-refractivity contribution in [3.8, 4) is 5.88 Å². The first-order valence-corrected chi connectivity index (χ1v) is 8.33. The van der Waals surface area contributed by atoms with E-state index in [0.29, 0.717) is 30.5 Å². The third-order valence-corrected chi connectivity index (χ3v) is 4.29. The summed E-state index contributed by atoms with van der Waals surface area (Å²) in [6.45, 7) is 4.64. The Labute approximate surface area is 141 Å². The second-order valence-corrected chi connectivity index (χ2v) is 6.26. The van der Waals surface area contributed by atoms with Gasteiger partial charge in [-0.05, 0) is 44.7 Å². The normalized spacial score (nSPS) is 13.2. The van der Waals surface area contributed by atoms with Gasteiger partial charge in [-0.3, -0.25) is 4.79 Å². The summed E-state index contributed by atoms with van der Waals surface area (Å²) in [4.78, 5) is 17.0. The molecule has 3 rings (SSSR count). The molecule has 24 heavy (non-hydrogen) atoms. The molecule has 1 aliphatic carbocycles. The van der Waals surface area contributed by atoms with Crippen LogP contribution in [0.3, 0.4) is 0 Å². The van der Waals surface area contributed by atoms with Gasteiger partial charge in [-0.15, -0.1) is 10.2 Å². The lowest BCUT2D eigenvalue weighted by Gasteiger charge is -2.12. The first-order chi connectivity index (χ1) is 11.6. The number of aryl methyl sites for hydroxylation is 2. The molecule has 0 spiro atoms. The molecule has 1 amide bonds. The molecule has 0 saturated heterocycles. The highest BCUT2D eigenvalue weighted by atomic mass is 16.5. The molecule has 128 valence electrons. The second kappa shape index (κ2) is 6.98. The van der Waals surface area contributed by atoms with Crippen molar-refractivity contribution in [2.24, 2.45) is 0 Å². The number of rotatable bonds is 6. The Morgan fingerprint density at radius 2 is 2.25 bits per heavy atom. The number of hydrogen-bond donors (Lipinski definition) is 1. The van der Waals surface area contributed by atoms with Gasteiger partial charge in [-0.2, -0.15) is 0 Å². The van der Waals surface area contributed by atoms with E-state index in [-0.39, 0.29) is 5.91 Å². The summed E-state index contributed by atoms with van der Waals surface area (Å²) in [6, 6.07) is 2.21. The Balaban J connectivity index is 1.66. The van der Waals surface area contributed by atoms with E-state index in [1.807, 2.05) is 10.6 Å². The number of carbonyl (C=O) groups is 1. The average molecular weight is 329 g/mol. The summed E-state index contributed by atoms with van der Waals surface area (Å²) in [6.07, 6.45) is 5.36. The zero-order valence-electron chi connectivity index (χ0n) is 14.4. The summed E-state index contributed by atoms with van der Waals surface area (Å²) < 4.78 is 7.30. The van der Waals surface area contributed by atoms with E-state index < -0.39 is 0 Å². The number of nitrogens with zero attached hydrogens (tertiary/aromatic N) is 4. The van der Waals surface area contributed by atoms with Crippen LogP contribution in [0.4, 0.5) is 0 Å². The molecule has 7 heteroatoms. The van der Waals surface area contributed by atoms with Crippen LogP contribution >= 0.6 is 0 Å². The molecule has 0 saturated carbocycles. The lowest BCUT2D eigenvalue weighted by molar-refractivity contribution is 0.0950. The van der Waals surface area contributed by atoms with Gasteiger partial charge in [0.05, 0.1) is 7.11 Å². The van der Waals surface area contributed by atoms with Gasteiger partial charge in [-0.1, -0.05) is 0 Å². The van der Waals surface area contributed by atoms with E-state index in [4.69, 9.17) is 4.74 Å². The minimum Gasteiger partial charge on any atom is -0.480 e. The third kappa shape index (κ3) is 3.25. The van der Waals surface area contributed by atoms with Crippen molar-refractivity contribution in [2.75, 3.05) is 13.7 Å². The molecule has 0 unspecified atom stereocenters. The van der Waals surface area contributed by atoms with Crippen LogP contribution in [0.2, 0.25) is 0 Å². The maximum absolute atomic E-state index is 12.5. The Bertz CT molecular complexity index is 739. The maximum Gasteiger partial charge on any atom is 0.256 e. The van der Waals surface area contributed by atoms with Crippen LogP contribution in [0.1, 0.15) is 53.7 Å². The molecule has 0 radical (unpaired) electrons. The SMILES string of the molecule is COc1nc2c(cc1C(=O)NCCc1nncn1C(C)C)CCC2. The number of hydrogen-bond acceptors (Lipinski definition) is 5. The van der Waals surface area contributed by atoms with Crippen molar-refractivity contribution in [3.63, 3.8) is 0 Å². The number of aromatic nitrogens is 4. The average Bonchev–Trinajstić information content (AvgIpc) is 3.21. The quantitative estimate of drug-likeness (QED) is 0.873. The van der Waals surface area contributed by atoms with Crippen molar-refractivity contribution in [1.29, 1.82) is 0 Å². The fraction of sp³-hybridized carbons (Fsp3) is 0.529. The van der Waals surface area contributed by atoms with Gasteiger partial charge in [0.15, 0.2) is 0 Å². The number of amides is 1. The van der Waals surface area contributed by atoms with Crippen LogP contribution < -0.4 is 10.1 Å². The molecular formula is C17H23N5O2. The summed E-state index contributed by atoms with van der Waals surface area (Å²) in [5, 5.41) is 11.0. The van der Waals surface area contributed by atoms with Crippen molar-refractivity contribution in [1.82, 2.24) is 25.1 Å². The predicted octanol–water partition coefficient (Wildman–Crippen LogP) is 1.72. The Morgan fingerprint density at radius 3 is 3.00 bits per heavy atom. The molecule has 1 N–H and O–H groups in total. The molecule has 0 atom stereocenters. The number of fused-ring (bicyclic) bond motifs is 1. The van der Waals surface area contributed by atoms with Gasteiger partial charge in [0.2, 0.25) is 5.88 Å². The van der Waals surface area contributed by atoms with E-state index in [1.54, 1.807) is 13.4 Å². The predicted molar refractivity (Wildman–Crippen MR) is 89.3 cm³/mol. The van der Waals surface area contributed by atoms with Crippen LogP contribution in [-0.2, 0) is 19.3 Å². The van der Waals surface area contributed by atoms with Crippen molar-refractivity contribution in [3.05, 3.63) is 35.0 Å². The third-order valence-electron chi connectivity index (χ3n) is 4.29. The van der Waals surface area contributed by atoms with Gasteiger partial charge in [-0.25, -0.2) is 4.98 Å². The Morgan fingerprint density at radius 1 is 1.42 bits per heavy atom. The smallest absolute Gasteiger partial charge is 0.256 e. The molecule has 0 aromatic carbocycles. The lowest BCUT2D eigenvalue weighted by atomic mass is 10.1. The Kier molecular flexibility index (Phi) is 4.78. The lowest BCUT2D eigenvalue weighted by Crippen LogP contribution is -2.27. The molecular weight excluding hydrogens is 306 g/mol. The van der Waals surface area contributed by atoms with E-state index >= 15 is 0 Å². The molecule has 7 nitrogen and oxygen atoms in total. The van der Waals surface area contributed by atoms with Crippen LogP contribution in [-0.4, -0.2) is 39.3 Å². The highest BCUT2D eigenvalue weighted by Crippen LogP contribution is 2.26. The number of methoxy groups -OCH3 is 1. The van der Waals surface area contributed by atoms with E-state index in [9.17, 15) is 4.79 Å². The number of ether oxygens (including phenoxy) is 1. The number of nitrogens with one attached hydrogen (secondary N) is 1. The molecule has 0 fully saturated rings. The maximum atomic E-state index is 12.5. The van der Waals surface area contributed by atoms with E-state index in [2.05, 4.69) is 34.3 Å². The standard InChI is InChI=1S/C17H23N5O2/c1-11(2)22-10-19-21-15(22)7-8-18-16(23)13-9-12-5-4-6-14(12)20-17(13)24-3/h9-11H,4-8H2,1-3H3,(H,18,23). The number of carbonyl (C=O) groups excluding carboxylic acids is 1. The summed E-state index contributed by atoms with van der Waals surface area (Å²) >= 11 is 0. The van der Waals surface area contributed by atoms with Crippen molar-refractivity contribution >= 4 is 5.91 Å². The molecule has 2 heterocycles. The topological polar surface area (TPSA) is 81.9 Å². The second-order valence-electron chi connectivity index (χ2n) is 6.26. The highest BCUT2D eigenvalue weighted by Gasteiger charge is 2.20. The zero-order chi connectivity index (χ0) is 17.1. The van der Waals surface area contributed by atoms with Crippen LogP contribution in [0.5, 0.6) is 5.88 Å². The minimum atomic E-state index is -0.162. The minimum absolute atomic E-state index is 0.162. The fourth-order valence-corrected chi connectivity index (χ4v) is 3.03. The molecule has 0 bridgehead atoms. The number of pyridine rings is 1. The van der Waals surface area contributed by atoms with E-state index in [1.165, 1.54) is 0 Å². The molecule has 2 aromatic heterocycles. The van der Waals surface area contributed by atoms with E-state index in [0.717, 1.165) is 36.3 Å². The van der Waals surface area contributed by atoms with Gasteiger partial charge in [0.1, 0.15) is 17.7 Å². The summed E-state index contributed by atoms with van der Waals surface area (Å²) in [5.41, 5.74) is 2.71. The largest absolute Gasteiger partial charge is 0.480 e. The molecule has 1 aliphatic rings. The first-order valence-electron chi connectivity index (χ1n) is 8.33. The van der Waals surface area contributed by atoms with Crippen LogP contribution in [0.15, 0.2) is 12.4 Å². The van der Waals surface area contributed by atoms with Gasteiger partial charge >= 0.3 is 0 Å². The monoisotopic (exact) mass is 329 g/mol.